The van der Waals surface area contributed by atoms with Crippen molar-refractivity contribution in [3.8, 4) is 5.88 Å². The summed E-state index contributed by atoms with van der Waals surface area (Å²) in [6.45, 7) is 2.47. The molecule has 0 spiro atoms. The molecule has 140 valence electrons. The zero-order chi connectivity index (χ0) is 19.5. The Morgan fingerprint density at radius 3 is 2.79 bits per heavy atom. The molecule has 5 nitrogen and oxygen atoms in total. The molecule has 0 unspecified atom stereocenters. The maximum atomic E-state index is 14.4. The maximum Gasteiger partial charge on any atom is 0.198 e. The van der Waals surface area contributed by atoms with Gasteiger partial charge in [0.2, 0.25) is 0 Å². The number of halogens is 1. The van der Waals surface area contributed by atoms with E-state index >= 15 is 0 Å². The van der Waals surface area contributed by atoms with Crippen LogP contribution in [-0.4, -0.2) is 21.3 Å². The summed E-state index contributed by atoms with van der Waals surface area (Å²) in [5.41, 5.74) is 4.34. The van der Waals surface area contributed by atoms with Crippen LogP contribution in [0.5, 0.6) is 5.88 Å². The number of fused-ring (bicyclic) bond motifs is 1. The Labute approximate surface area is 161 Å². The van der Waals surface area contributed by atoms with Crippen molar-refractivity contribution in [2.24, 2.45) is 4.99 Å². The first-order valence-corrected chi connectivity index (χ1v) is 8.88. The Kier molecular flexibility index (Phi) is 4.76. The number of hydrogen-bond donors (Lipinski definition) is 3. The Hall–Kier alpha value is -3.67. The highest BCUT2D eigenvalue weighted by Crippen LogP contribution is 2.29. The summed E-state index contributed by atoms with van der Waals surface area (Å²) in [4.78, 5) is 11.2. The van der Waals surface area contributed by atoms with Gasteiger partial charge in [0.15, 0.2) is 5.88 Å². The van der Waals surface area contributed by atoms with E-state index in [1.165, 1.54) is 6.07 Å². The molecule has 3 N–H and O–H groups in total. The molecule has 6 heteroatoms. The number of aromatic amines is 1. The average Bonchev–Trinajstić information content (AvgIpc) is 3.03. The van der Waals surface area contributed by atoms with Crippen molar-refractivity contribution in [2.75, 3.05) is 5.32 Å². The molecule has 0 fully saturated rings. The van der Waals surface area contributed by atoms with Gasteiger partial charge in [-0.3, -0.25) is 9.98 Å². The Bertz CT molecular complexity index is 1150. The predicted molar refractivity (Wildman–Crippen MR) is 110 cm³/mol. The van der Waals surface area contributed by atoms with Crippen LogP contribution in [0.1, 0.15) is 16.7 Å². The molecule has 0 bridgehead atoms. The van der Waals surface area contributed by atoms with Crippen LogP contribution in [0.15, 0.2) is 65.9 Å². The number of aromatic nitrogens is 2. The summed E-state index contributed by atoms with van der Waals surface area (Å²) in [7, 11) is 0. The lowest BCUT2D eigenvalue weighted by atomic mass is 10.1. The number of nitrogens with zero attached hydrogens (tertiary/aromatic N) is 2. The van der Waals surface area contributed by atoms with E-state index in [4.69, 9.17) is 0 Å². The molecule has 0 amide bonds. The molecule has 2 heterocycles. The van der Waals surface area contributed by atoms with Gasteiger partial charge in [0.1, 0.15) is 5.82 Å². The van der Waals surface area contributed by atoms with Crippen LogP contribution in [0.25, 0.3) is 10.9 Å². The lowest BCUT2D eigenvalue weighted by Gasteiger charge is -2.08. The fourth-order valence-corrected chi connectivity index (χ4v) is 3.13. The van der Waals surface area contributed by atoms with Crippen LogP contribution in [0.3, 0.4) is 0 Å². The lowest BCUT2D eigenvalue weighted by molar-refractivity contribution is 0.457. The van der Waals surface area contributed by atoms with Crippen LogP contribution in [0, 0.1) is 12.7 Å². The van der Waals surface area contributed by atoms with E-state index in [1.54, 1.807) is 30.7 Å². The summed E-state index contributed by atoms with van der Waals surface area (Å²) in [5, 5.41) is 14.1. The van der Waals surface area contributed by atoms with Crippen molar-refractivity contribution in [1.82, 2.24) is 9.97 Å². The lowest BCUT2D eigenvalue weighted by Crippen LogP contribution is -2.01. The van der Waals surface area contributed by atoms with Crippen LogP contribution in [0.2, 0.25) is 0 Å². The van der Waals surface area contributed by atoms with E-state index < -0.39 is 0 Å². The maximum absolute atomic E-state index is 14.4. The van der Waals surface area contributed by atoms with Crippen molar-refractivity contribution in [2.45, 2.75) is 13.5 Å². The minimum atomic E-state index is -0.386. The molecular weight excluding hydrogens is 355 g/mol. The summed E-state index contributed by atoms with van der Waals surface area (Å²) in [5.74, 6) is -0.341. The number of nitrogens with one attached hydrogen (secondary N) is 2. The summed E-state index contributed by atoms with van der Waals surface area (Å²) < 4.78 is 14.4. The van der Waals surface area contributed by atoms with E-state index in [0.29, 0.717) is 23.5 Å². The first kappa shape index (κ1) is 17.7. The molecule has 4 rings (SSSR count). The third-order valence-corrected chi connectivity index (χ3v) is 4.58. The highest BCUT2D eigenvalue weighted by Gasteiger charge is 2.11. The molecule has 0 aliphatic carbocycles. The van der Waals surface area contributed by atoms with Crippen molar-refractivity contribution in [1.29, 1.82) is 0 Å². The molecule has 0 saturated heterocycles. The monoisotopic (exact) mass is 374 g/mol. The topological polar surface area (TPSA) is 73.3 Å². The van der Waals surface area contributed by atoms with E-state index in [2.05, 4.69) is 20.3 Å². The number of hydrogen-bond acceptors (Lipinski definition) is 4. The predicted octanol–water partition coefficient (Wildman–Crippen LogP) is 5.08. The highest BCUT2D eigenvalue weighted by atomic mass is 19.1. The second kappa shape index (κ2) is 7.52. The number of aromatic hydroxyl groups is 1. The van der Waals surface area contributed by atoms with E-state index in [1.807, 2.05) is 37.3 Å². The number of anilines is 1. The van der Waals surface area contributed by atoms with Crippen molar-refractivity contribution in [3.63, 3.8) is 0 Å². The first-order valence-electron chi connectivity index (χ1n) is 8.88. The summed E-state index contributed by atoms with van der Waals surface area (Å²) in [6.07, 6.45) is 4.96. The molecular formula is C22H19FN4O. The van der Waals surface area contributed by atoms with Crippen LogP contribution >= 0.6 is 0 Å². The minimum Gasteiger partial charge on any atom is -0.494 e. The smallest absolute Gasteiger partial charge is 0.198 e. The molecule has 0 aliphatic heterocycles. The molecule has 0 saturated carbocycles. The largest absolute Gasteiger partial charge is 0.494 e. The molecule has 2 aromatic heterocycles. The minimum absolute atomic E-state index is 0.0455. The average molecular weight is 374 g/mol. The SMILES string of the molecule is Cc1cccc2[nH]c(O)c(C=Nc3ccc(NCc4ccncc4)c(F)c3)c12. The summed E-state index contributed by atoms with van der Waals surface area (Å²) in [6, 6.07) is 14.3. The number of aliphatic imine (C=N–C) groups is 1. The zero-order valence-corrected chi connectivity index (χ0v) is 15.3. The third-order valence-electron chi connectivity index (χ3n) is 4.58. The standard InChI is InChI=1S/C22H19FN4O/c1-14-3-2-4-20-21(14)17(22(28)27-20)13-25-16-5-6-19(18(23)11-16)26-12-15-7-9-24-10-8-15/h2-11,13,26-28H,12H2,1H3. The molecule has 28 heavy (non-hydrogen) atoms. The van der Waals surface area contributed by atoms with Crippen molar-refractivity contribution in [3.05, 3.63) is 83.4 Å². The van der Waals surface area contributed by atoms with E-state index in [-0.39, 0.29) is 11.7 Å². The Morgan fingerprint density at radius 2 is 2.00 bits per heavy atom. The number of aryl methyl sites for hydroxylation is 1. The quantitative estimate of drug-likeness (QED) is 0.427. The van der Waals surface area contributed by atoms with Crippen LogP contribution < -0.4 is 5.32 Å². The zero-order valence-electron chi connectivity index (χ0n) is 15.3. The van der Waals surface area contributed by atoms with Gasteiger partial charge < -0.3 is 15.4 Å². The molecule has 0 radical (unpaired) electrons. The molecule has 0 atom stereocenters. The fourth-order valence-electron chi connectivity index (χ4n) is 3.13. The van der Waals surface area contributed by atoms with Crippen LogP contribution in [0.4, 0.5) is 15.8 Å². The molecule has 2 aromatic carbocycles. The van der Waals surface area contributed by atoms with Gasteiger partial charge in [0, 0.05) is 42.1 Å². The molecule has 4 aromatic rings. The highest BCUT2D eigenvalue weighted by molar-refractivity contribution is 6.04. The van der Waals surface area contributed by atoms with Gasteiger partial charge in [0.05, 0.1) is 16.9 Å². The Balaban J connectivity index is 1.55. The van der Waals surface area contributed by atoms with E-state index in [9.17, 15) is 9.50 Å². The number of benzene rings is 2. The second-order valence-electron chi connectivity index (χ2n) is 6.52. The van der Waals surface area contributed by atoms with Gasteiger partial charge in [-0.2, -0.15) is 0 Å². The van der Waals surface area contributed by atoms with Gasteiger partial charge >= 0.3 is 0 Å². The number of H-pyrrole nitrogens is 1. The first-order chi connectivity index (χ1) is 13.6. The van der Waals surface area contributed by atoms with Gasteiger partial charge in [-0.25, -0.2) is 4.39 Å². The third kappa shape index (κ3) is 3.57. The number of pyridine rings is 1. The second-order valence-corrected chi connectivity index (χ2v) is 6.52. The number of rotatable bonds is 5. The van der Waals surface area contributed by atoms with Gasteiger partial charge in [-0.1, -0.05) is 12.1 Å². The van der Waals surface area contributed by atoms with E-state index in [0.717, 1.165) is 22.0 Å². The summed E-state index contributed by atoms with van der Waals surface area (Å²) >= 11 is 0. The van der Waals surface area contributed by atoms with Crippen molar-refractivity contribution < 1.29 is 9.50 Å². The van der Waals surface area contributed by atoms with Gasteiger partial charge in [0.25, 0.3) is 0 Å². The normalized spacial score (nSPS) is 11.4. The van der Waals surface area contributed by atoms with Gasteiger partial charge in [-0.15, -0.1) is 0 Å². The van der Waals surface area contributed by atoms with Crippen LogP contribution in [-0.2, 0) is 6.54 Å². The fraction of sp³-hybridized carbons (Fsp3) is 0.0909. The molecule has 0 aliphatic rings. The van der Waals surface area contributed by atoms with Gasteiger partial charge in [-0.05, 0) is 48.4 Å². The van der Waals surface area contributed by atoms with Crippen molar-refractivity contribution >= 4 is 28.5 Å². The Morgan fingerprint density at radius 1 is 1.18 bits per heavy atom.